The van der Waals surface area contributed by atoms with Gasteiger partial charge in [0.2, 0.25) is 5.91 Å². The van der Waals surface area contributed by atoms with E-state index in [2.05, 4.69) is 0 Å². The Morgan fingerprint density at radius 2 is 1.69 bits per heavy atom. The molecule has 4 nitrogen and oxygen atoms in total. The maximum Gasteiger partial charge on any atom is 0.222 e. The Kier molecular flexibility index (Phi) is 8.74. The van der Waals surface area contributed by atoms with Crippen LogP contribution >= 0.6 is 34.8 Å². The van der Waals surface area contributed by atoms with Crippen LogP contribution in [0.15, 0.2) is 72.8 Å². The van der Waals surface area contributed by atoms with Crippen LogP contribution in [-0.4, -0.2) is 30.0 Å². The van der Waals surface area contributed by atoms with Crippen molar-refractivity contribution >= 4 is 40.7 Å². The van der Waals surface area contributed by atoms with E-state index in [0.29, 0.717) is 54.2 Å². The Morgan fingerprint density at radius 1 is 0.943 bits per heavy atom. The molecule has 2 atom stereocenters. The molecule has 0 unspecified atom stereocenters. The smallest absolute Gasteiger partial charge is 0.222 e. The molecule has 35 heavy (non-hydrogen) atoms. The van der Waals surface area contributed by atoms with Crippen LogP contribution in [0.2, 0.25) is 15.1 Å². The molecule has 1 saturated heterocycles. The van der Waals surface area contributed by atoms with Crippen LogP contribution in [0.3, 0.4) is 0 Å². The summed E-state index contributed by atoms with van der Waals surface area (Å²) in [6, 6.07) is 23.2. The average Bonchev–Trinajstić information content (AvgIpc) is 2.89. The summed E-state index contributed by atoms with van der Waals surface area (Å²) < 4.78 is 13.3. The van der Waals surface area contributed by atoms with Crippen LogP contribution in [0.4, 0.5) is 0 Å². The maximum atomic E-state index is 12.6. The van der Waals surface area contributed by atoms with Crippen molar-refractivity contribution in [3.63, 3.8) is 0 Å². The summed E-state index contributed by atoms with van der Waals surface area (Å²) in [6.45, 7) is 3.60. The average molecular weight is 533 g/mol. The van der Waals surface area contributed by atoms with Gasteiger partial charge < -0.3 is 14.4 Å². The first-order valence-electron chi connectivity index (χ1n) is 11.7. The summed E-state index contributed by atoms with van der Waals surface area (Å²) in [4.78, 5) is 14.5. The number of hydrogen-bond acceptors (Lipinski definition) is 3. The minimum absolute atomic E-state index is 0.0981. The monoisotopic (exact) mass is 531 g/mol. The molecule has 0 bridgehead atoms. The molecule has 7 heteroatoms. The molecule has 3 aromatic rings. The number of carbonyl (C=O) groups is 1. The maximum absolute atomic E-state index is 12.6. The second kappa shape index (κ2) is 11.8. The quantitative estimate of drug-likeness (QED) is 0.306. The number of halogens is 3. The molecule has 184 valence electrons. The van der Waals surface area contributed by atoms with E-state index in [4.69, 9.17) is 44.3 Å². The lowest BCUT2D eigenvalue weighted by Crippen LogP contribution is -2.57. The molecule has 0 radical (unpaired) electrons. The van der Waals surface area contributed by atoms with Gasteiger partial charge in [0, 0.05) is 24.4 Å². The van der Waals surface area contributed by atoms with E-state index >= 15 is 0 Å². The van der Waals surface area contributed by atoms with Crippen LogP contribution in [-0.2, 0) is 33.1 Å². The molecular weight excluding hydrogens is 505 g/mol. The van der Waals surface area contributed by atoms with Gasteiger partial charge >= 0.3 is 0 Å². The van der Waals surface area contributed by atoms with Gasteiger partial charge in [-0.1, -0.05) is 90.3 Å². The largest absolute Gasteiger partial charge is 0.368 e. The molecule has 0 spiro atoms. The Bertz CT molecular complexity index is 1140. The molecule has 0 saturated carbocycles. The Morgan fingerprint density at radius 3 is 2.37 bits per heavy atom. The van der Waals surface area contributed by atoms with E-state index in [1.165, 1.54) is 0 Å². The second-order valence-electron chi connectivity index (χ2n) is 8.66. The predicted molar refractivity (Wildman–Crippen MR) is 141 cm³/mol. The topological polar surface area (TPSA) is 38.8 Å². The zero-order chi connectivity index (χ0) is 24.8. The third kappa shape index (κ3) is 6.19. The summed E-state index contributed by atoms with van der Waals surface area (Å²) in [5, 5.41) is 1.62. The highest BCUT2D eigenvalue weighted by Crippen LogP contribution is 2.41. The van der Waals surface area contributed by atoms with E-state index < -0.39 is 11.7 Å². The summed E-state index contributed by atoms with van der Waals surface area (Å²) in [7, 11) is 0. The van der Waals surface area contributed by atoms with Gasteiger partial charge in [0.15, 0.2) is 0 Å². The molecule has 4 rings (SSSR count). The van der Waals surface area contributed by atoms with Gasteiger partial charge in [-0.15, -0.1) is 0 Å². The fraction of sp³-hybridized carbons (Fsp3) is 0.321. The first kappa shape index (κ1) is 26.0. The van der Waals surface area contributed by atoms with Crippen molar-refractivity contribution in [2.45, 2.75) is 44.7 Å². The number of piperidine rings is 1. The summed E-state index contributed by atoms with van der Waals surface area (Å²) >= 11 is 18.5. The minimum Gasteiger partial charge on any atom is -0.368 e. The number of benzene rings is 3. The molecule has 0 aromatic heterocycles. The number of nitrogens with zero attached hydrogens (tertiary/aromatic N) is 1. The van der Waals surface area contributed by atoms with Gasteiger partial charge in [-0.2, -0.15) is 0 Å². The predicted octanol–water partition coefficient (Wildman–Crippen LogP) is 7.29. The SMILES string of the molecule is CCC(=O)N1CC[C@@](OCc2ccccc2)(c2ccc(Cl)cc2)[C@@H](OCc2ccc(Cl)c(Cl)c2)C1. The minimum atomic E-state index is -0.763. The Hall–Kier alpha value is -2.08. The van der Waals surface area contributed by atoms with E-state index in [-0.39, 0.29) is 5.91 Å². The zero-order valence-electron chi connectivity index (χ0n) is 19.6. The second-order valence-corrected chi connectivity index (χ2v) is 9.91. The van der Waals surface area contributed by atoms with Gasteiger partial charge in [0.05, 0.1) is 29.8 Å². The molecule has 3 aromatic carbocycles. The number of carbonyl (C=O) groups excluding carboxylic acids is 1. The van der Waals surface area contributed by atoms with Crippen molar-refractivity contribution in [2.75, 3.05) is 13.1 Å². The van der Waals surface area contributed by atoms with Gasteiger partial charge in [-0.3, -0.25) is 4.79 Å². The van der Waals surface area contributed by atoms with Crippen LogP contribution in [0.1, 0.15) is 36.5 Å². The van der Waals surface area contributed by atoms with E-state index in [9.17, 15) is 4.79 Å². The van der Waals surface area contributed by atoms with Crippen molar-refractivity contribution in [3.8, 4) is 0 Å². The van der Waals surface area contributed by atoms with Crippen molar-refractivity contribution < 1.29 is 14.3 Å². The highest BCUT2D eigenvalue weighted by molar-refractivity contribution is 6.42. The third-order valence-corrected chi connectivity index (χ3v) is 7.41. The van der Waals surface area contributed by atoms with Gasteiger partial charge in [0.1, 0.15) is 11.7 Å². The van der Waals surface area contributed by atoms with E-state index in [1.54, 1.807) is 12.1 Å². The highest BCUT2D eigenvalue weighted by atomic mass is 35.5. The van der Waals surface area contributed by atoms with Crippen molar-refractivity contribution in [1.82, 2.24) is 4.90 Å². The Balaban J connectivity index is 1.68. The number of likely N-dealkylation sites (tertiary alicyclic amines) is 1. The lowest BCUT2D eigenvalue weighted by atomic mass is 9.81. The lowest BCUT2D eigenvalue weighted by Gasteiger charge is -2.47. The normalized spacial score (nSPS) is 20.1. The number of hydrogen-bond donors (Lipinski definition) is 0. The van der Waals surface area contributed by atoms with Crippen LogP contribution in [0.5, 0.6) is 0 Å². The third-order valence-electron chi connectivity index (χ3n) is 6.42. The zero-order valence-corrected chi connectivity index (χ0v) is 21.8. The Labute approximate surface area is 221 Å². The number of amides is 1. The van der Waals surface area contributed by atoms with Crippen LogP contribution in [0, 0.1) is 0 Å². The molecular formula is C28H28Cl3NO3. The molecule has 1 fully saturated rings. The standard InChI is InChI=1S/C28H28Cl3NO3/c1-2-27(33)32-15-14-28(22-9-11-23(29)12-10-22,35-19-20-6-4-3-5-7-20)26(17-32)34-18-21-8-13-24(30)25(31)16-21/h3-13,16,26H,2,14-15,17-19H2,1H3/t26-,28+/m0/s1. The first-order valence-corrected chi connectivity index (χ1v) is 12.8. The first-order chi connectivity index (χ1) is 16.9. The molecule has 1 aliphatic heterocycles. The van der Waals surface area contributed by atoms with Crippen LogP contribution in [0.25, 0.3) is 0 Å². The molecule has 0 aliphatic carbocycles. The van der Waals surface area contributed by atoms with Gasteiger partial charge in [-0.05, 0) is 41.0 Å². The van der Waals surface area contributed by atoms with Crippen LogP contribution < -0.4 is 0 Å². The molecule has 1 aliphatic rings. The van der Waals surface area contributed by atoms with Crippen molar-refractivity contribution in [3.05, 3.63) is 105 Å². The molecule has 1 heterocycles. The summed E-state index contributed by atoms with van der Waals surface area (Å²) in [5.41, 5.74) is 2.17. The number of rotatable bonds is 8. The number of ether oxygens (including phenoxy) is 2. The van der Waals surface area contributed by atoms with E-state index in [0.717, 1.165) is 16.7 Å². The lowest BCUT2D eigenvalue weighted by molar-refractivity contribution is -0.195. The van der Waals surface area contributed by atoms with Gasteiger partial charge in [0.25, 0.3) is 0 Å². The highest BCUT2D eigenvalue weighted by Gasteiger charge is 2.47. The van der Waals surface area contributed by atoms with Crippen molar-refractivity contribution in [1.29, 1.82) is 0 Å². The van der Waals surface area contributed by atoms with E-state index in [1.807, 2.05) is 72.5 Å². The fourth-order valence-corrected chi connectivity index (χ4v) is 4.91. The van der Waals surface area contributed by atoms with Crippen molar-refractivity contribution in [2.24, 2.45) is 0 Å². The molecule has 1 amide bonds. The summed E-state index contributed by atoms with van der Waals surface area (Å²) in [5.74, 6) is 0.0981. The van der Waals surface area contributed by atoms with Gasteiger partial charge in [-0.25, -0.2) is 0 Å². The summed E-state index contributed by atoms with van der Waals surface area (Å²) in [6.07, 6.45) is 0.628. The fourth-order valence-electron chi connectivity index (χ4n) is 4.46. The molecule has 0 N–H and O–H groups in total.